The third kappa shape index (κ3) is 6.97. The maximum absolute atomic E-state index is 14.1. The second-order valence-electron chi connectivity index (χ2n) is 9.96. The summed E-state index contributed by atoms with van der Waals surface area (Å²) in [5, 5.41) is 11.5. The predicted molar refractivity (Wildman–Crippen MR) is 154 cm³/mol. The first-order valence-electron chi connectivity index (χ1n) is 13.6. The Morgan fingerprint density at radius 1 is 1.00 bits per heavy atom. The Balaban J connectivity index is 1.76. The van der Waals surface area contributed by atoms with Crippen LogP contribution in [0.15, 0.2) is 72.8 Å². The Morgan fingerprint density at radius 2 is 1.75 bits per heavy atom. The fraction of sp³-hybridized carbons (Fsp3) is 0.355. The molecule has 40 heavy (non-hydrogen) atoms. The lowest BCUT2D eigenvalue weighted by molar-refractivity contribution is -0.142. The van der Waals surface area contributed by atoms with E-state index >= 15 is 0 Å². The van der Waals surface area contributed by atoms with E-state index in [-0.39, 0.29) is 24.9 Å². The average Bonchev–Trinajstić information content (AvgIpc) is 3.36. The summed E-state index contributed by atoms with van der Waals surface area (Å²) in [6.45, 7) is 7.23. The van der Waals surface area contributed by atoms with Crippen LogP contribution in [0.5, 0.6) is 11.5 Å². The molecule has 0 aliphatic rings. The number of amides is 2. The topological polar surface area (TPSA) is 98.6 Å². The summed E-state index contributed by atoms with van der Waals surface area (Å²) in [5.41, 5.74) is 2.97. The highest BCUT2D eigenvalue weighted by atomic mass is 16.5. The molecule has 0 saturated carbocycles. The average molecular weight is 544 g/mol. The summed E-state index contributed by atoms with van der Waals surface area (Å²) in [6.07, 6.45) is 0.822. The number of methoxy groups -OCH3 is 1. The SMILES string of the molecule is CCOc1ccc([C@H](C(=O)NCCC(C)C)N(Cc2ccccc2)C(=O)Cn2nnc3ccccc32)cc1OC. The third-order valence-corrected chi connectivity index (χ3v) is 6.61. The minimum atomic E-state index is -0.917. The highest BCUT2D eigenvalue weighted by molar-refractivity contribution is 5.89. The number of benzene rings is 3. The molecule has 2 amide bonds. The lowest BCUT2D eigenvalue weighted by Gasteiger charge is -2.32. The summed E-state index contributed by atoms with van der Waals surface area (Å²) >= 11 is 0. The van der Waals surface area contributed by atoms with Crippen LogP contribution in [0, 0.1) is 5.92 Å². The quantitative estimate of drug-likeness (QED) is 0.261. The number of rotatable bonds is 13. The van der Waals surface area contributed by atoms with E-state index in [9.17, 15) is 9.59 Å². The van der Waals surface area contributed by atoms with Crippen molar-refractivity contribution in [1.29, 1.82) is 0 Å². The standard InChI is InChI=1S/C31H37N5O4/c1-5-40-27-16-15-24(19-28(27)39-4)30(31(38)32-18-17-22(2)3)35(20-23-11-7-6-8-12-23)29(37)21-36-26-14-10-9-13-25(26)33-34-36/h6-16,19,22,30H,5,17-18,20-21H2,1-4H3,(H,32,38)/t30-/m1/s1. The van der Waals surface area contributed by atoms with Gasteiger partial charge in [-0.3, -0.25) is 9.59 Å². The van der Waals surface area contributed by atoms with Crippen LogP contribution in [-0.2, 0) is 22.7 Å². The van der Waals surface area contributed by atoms with E-state index in [0.717, 1.165) is 17.5 Å². The van der Waals surface area contributed by atoms with Gasteiger partial charge in [0.05, 0.1) is 19.2 Å². The van der Waals surface area contributed by atoms with Gasteiger partial charge in [-0.1, -0.05) is 67.6 Å². The molecule has 3 aromatic carbocycles. The number of aromatic nitrogens is 3. The number of ether oxygens (including phenoxy) is 2. The summed E-state index contributed by atoms with van der Waals surface area (Å²) in [5.74, 6) is 0.958. The van der Waals surface area contributed by atoms with Crippen LogP contribution < -0.4 is 14.8 Å². The molecule has 4 rings (SSSR count). The van der Waals surface area contributed by atoms with Gasteiger partial charge in [-0.2, -0.15) is 0 Å². The molecule has 1 atom stereocenters. The maximum atomic E-state index is 14.1. The van der Waals surface area contributed by atoms with E-state index in [0.29, 0.717) is 41.6 Å². The highest BCUT2D eigenvalue weighted by Crippen LogP contribution is 2.33. The van der Waals surface area contributed by atoms with Crippen LogP contribution in [-0.4, -0.2) is 52.0 Å². The van der Waals surface area contributed by atoms with E-state index in [1.807, 2.05) is 67.6 Å². The van der Waals surface area contributed by atoms with Crippen LogP contribution in [0.2, 0.25) is 0 Å². The first kappa shape index (κ1) is 28.6. The molecule has 0 saturated heterocycles. The molecule has 0 unspecified atom stereocenters. The summed E-state index contributed by atoms with van der Waals surface area (Å²) < 4.78 is 12.9. The Morgan fingerprint density at radius 3 is 2.48 bits per heavy atom. The molecule has 0 spiro atoms. The first-order chi connectivity index (χ1) is 19.4. The van der Waals surface area contributed by atoms with Gasteiger partial charge in [0, 0.05) is 13.1 Å². The molecule has 1 heterocycles. The second-order valence-corrected chi connectivity index (χ2v) is 9.96. The first-order valence-corrected chi connectivity index (χ1v) is 13.6. The number of hydrogen-bond acceptors (Lipinski definition) is 6. The Hall–Kier alpha value is -4.40. The molecule has 0 bridgehead atoms. The molecule has 1 N–H and O–H groups in total. The number of nitrogens with zero attached hydrogens (tertiary/aromatic N) is 4. The molecule has 9 nitrogen and oxygen atoms in total. The Kier molecular flexibility index (Phi) is 9.72. The number of nitrogens with one attached hydrogen (secondary N) is 1. The van der Waals surface area contributed by atoms with Crippen molar-refractivity contribution in [3.05, 3.63) is 83.9 Å². The lowest BCUT2D eigenvalue weighted by atomic mass is 10.0. The molecule has 0 fully saturated rings. The maximum Gasteiger partial charge on any atom is 0.247 e. The van der Waals surface area contributed by atoms with Gasteiger partial charge in [0.1, 0.15) is 18.1 Å². The van der Waals surface area contributed by atoms with Crippen molar-refractivity contribution >= 4 is 22.8 Å². The van der Waals surface area contributed by atoms with Crippen LogP contribution in [0.1, 0.15) is 44.4 Å². The van der Waals surface area contributed by atoms with E-state index in [1.54, 1.807) is 28.8 Å². The number of para-hydroxylation sites is 1. The van der Waals surface area contributed by atoms with Gasteiger partial charge in [-0.25, -0.2) is 4.68 Å². The molecular formula is C31H37N5O4. The molecule has 0 aliphatic heterocycles. The van der Waals surface area contributed by atoms with Crippen LogP contribution >= 0.6 is 0 Å². The molecular weight excluding hydrogens is 506 g/mol. The Labute approximate surface area is 235 Å². The van der Waals surface area contributed by atoms with E-state index in [4.69, 9.17) is 9.47 Å². The number of carbonyl (C=O) groups excluding carboxylic acids is 2. The van der Waals surface area contributed by atoms with Crippen LogP contribution in [0.3, 0.4) is 0 Å². The molecule has 9 heteroatoms. The minimum Gasteiger partial charge on any atom is -0.493 e. The van der Waals surface area contributed by atoms with Crippen molar-refractivity contribution in [2.24, 2.45) is 5.92 Å². The number of fused-ring (bicyclic) bond motifs is 1. The fourth-order valence-corrected chi connectivity index (χ4v) is 4.54. The van der Waals surface area contributed by atoms with Crippen molar-refractivity contribution in [3.8, 4) is 11.5 Å². The van der Waals surface area contributed by atoms with Crippen molar-refractivity contribution in [1.82, 2.24) is 25.2 Å². The predicted octanol–water partition coefficient (Wildman–Crippen LogP) is 4.77. The van der Waals surface area contributed by atoms with E-state index < -0.39 is 6.04 Å². The number of hydrogen-bond donors (Lipinski definition) is 1. The summed E-state index contributed by atoms with van der Waals surface area (Å²) in [7, 11) is 1.56. The monoisotopic (exact) mass is 543 g/mol. The summed E-state index contributed by atoms with van der Waals surface area (Å²) in [6, 6.07) is 21.6. The van der Waals surface area contributed by atoms with Crippen molar-refractivity contribution in [3.63, 3.8) is 0 Å². The number of carbonyl (C=O) groups is 2. The van der Waals surface area contributed by atoms with Gasteiger partial charge in [-0.15, -0.1) is 5.10 Å². The van der Waals surface area contributed by atoms with Crippen LogP contribution in [0.4, 0.5) is 0 Å². The normalized spacial score (nSPS) is 11.8. The van der Waals surface area contributed by atoms with Gasteiger partial charge in [-0.05, 0) is 54.7 Å². The highest BCUT2D eigenvalue weighted by Gasteiger charge is 2.33. The molecule has 0 aliphatic carbocycles. The van der Waals surface area contributed by atoms with Crippen molar-refractivity contribution < 1.29 is 19.1 Å². The zero-order chi connectivity index (χ0) is 28.5. The zero-order valence-electron chi connectivity index (χ0n) is 23.5. The summed E-state index contributed by atoms with van der Waals surface area (Å²) in [4.78, 5) is 29.6. The third-order valence-electron chi connectivity index (χ3n) is 6.61. The smallest absolute Gasteiger partial charge is 0.247 e. The molecule has 0 radical (unpaired) electrons. The minimum absolute atomic E-state index is 0.0721. The van der Waals surface area contributed by atoms with Crippen molar-refractivity contribution in [2.45, 2.75) is 46.3 Å². The molecule has 4 aromatic rings. The molecule has 1 aromatic heterocycles. The van der Waals surface area contributed by atoms with E-state index in [2.05, 4.69) is 29.5 Å². The Bertz CT molecular complexity index is 1420. The molecule has 210 valence electrons. The van der Waals surface area contributed by atoms with Gasteiger partial charge < -0.3 is 19.7 Å². The fourth-order valence-electron chi connectivity index (χ4n) is 4.54. The van der Waals surface area contributed by atoms with Gasteiger partial charge in [0.2, 0.25) is 11.8 Å². The lowest BCUT2D eigenvalue weighted by Crippen LogP contribution is -2.45. The van der Waals surface area contributed by atoms with E-state index in [1.165, 1.54) is 0 Å². The van der Waals surface area contributed by atoms with Crippen LogP contribution in [0.25, 0.3) is 11.0 Å². The van der Waals surface area contributed by atoms with Gasteiger partial charge >= 0.3 is 0 Å². The van der Waals surface area contributed by atoms with Crippen molar-refractivity contribution in [2.75, 3.05) is 20.3 Å². The van der Waals surface area contributed by atoms with Gasteiger partial charge in [0.25, 0.3) is 0 Å². The zero-order valence-corrected chi connectivity index (χ0v) is 23.5. The van der Waals surface area contributed by atoms with Gasteiger partial charge in [0.15, 0.2) is 11.5 Å². The largest absolute Gasteiger partial charge is 0.493 e. The second kappa shape index (κ2) is 13.6.